The van der Waals surface area contributed by atoms with E-state index in [4.69, 9.17) is 40.3 Å². The lowest BCUT2D eigenvalue weighted by Crippen LogP contribution is -2.46. The van der Waals surface area contributed by atoms with Gasteiger partial charge in [-0.2, -0.15) is 0 Å². The fourth-order valence-electron chi connectivity index (χ4n) is 5.23. The number of ether oxygens (including phenoxy) is 5. The van der Waals surface area contributed by atoms with E-state index < -0.39 is 17.9 Å². The van der Waals surface area contributed by atoms with E-state index in [0.717, 1.165) is 37.8 Å². The van der Waals surface area contributed by atoms with Crippen LogP contribution < -0.4 is 22.1 Å². The van der Waals surface area contributed by atoms with E-state index in [0.29, 0.717) is 84.5 Å². The molecule has 46 heavy (non-hydrogen) atoms. The van der Waals surface area contributed by atoms with Crippen LogP contribution in [0.25, 0.3) is 0 Å². The molecule has 2 amide bonds. The number of nitrogen functional groups attached to an aromatic ring is 1. The Labute approximate surface area is 274 Å². The Kier molecular flexibility index (Phi) is 19.2. The number of pyridine rings is 1. The highest BCUT2D eigenvalue weighted by molar-refractivity contribution is 5.83. The Morgan fingerprint density at radius 1 is 0.935 bits per heavy atom. The van der Waals surface area contributed by atoms with Crippen LogP contribution in [0.15, 0.2) is 18.2 Å². The van der Waals surface area contributed by atoms with Gasteiger partial charge in [-0.15, -0.1) is 0 Å². The summed E-state index contributed by atoms with van der Waals surface area (Å²) in [5.74, 6) is 0.388. The minimum atomic E-state index is -0.858. The number of rotatable bonds is 24. The highest BCUT2D eigenvalue weighted by atomic mass is 16.6. The number of anilines is 1. The third-order valence-electron chi connectivity index (χ3n) is 7.77. The van der Waals surface area contributed by atoms with E-state index in [9.17, 15) is 9.59 Å². The molecule has 7 N–H and O–H groups in total. The molecule has 1 aromatic heterocycles. The van der Waals surface area contributed by atoms with Gasteiger partial charge in [-0.05, 0) is 37.8 Å². The quantitative estimate of drug-likeness (QED) is 0.0813. The van der Waals surface area contributed by atoms with Gasteiger partial charge in [0.15, 0.2) is 0 Å². The molecule has 13 heteroatoms. The summed E-state index contributed by atoms with van der Waals surface area (Å²) in [6.45, 7) is 9.98. The predicted molar refractivity (Wildman–Crippen MR) is 176 cm³/mol. The molecule has 1 aromatic rings. The summed E-state index contributed by atoms with van der Waals surface area (Å²) in [5.41, 5.74) is 11.3. The summed E-state index contributed by atoms with van der Waals surface area (Å²) in [5, 5.41) is 15.1. The first kappa shape index (κ1) is 39.8. The first-order chi connectivity index (χ1) is 22.0. The van der Waals surface area contributed by atoms with Crippen LogP contribution in [0.3, 0.4) is 0 Å². The Hall–Kier alpha value is -2.39. The van der Waals surface area contributed by atoms with Gasteiger partial charge >= 0.3 is 0 Å². The maximum absolute atomic E-state index is 13.2. The van der Waals surface area contributed by atoms with Gasteiger partial charge < -0.3 is 50.9 Å². The second-order valence-corrected chi connectivity index (χ2v) is 12.9. The second kappa shape index (κ2) is 22.2. The normalized spacial score (nSPS) is 16.1. The highest BCUT2D eigenvalue weighted by Crippen LogP contribution is 2.39. The average Bonchev–Trinajstić information content (AvgIpc) is 3.00. The van der Waals surface area contributed by atoms with E-state index >= 15 is 0 Å². The van der Waals surface area contributed by atoms with Crippen LogP contribution >= 0.6 is 0 Å². The van der Waals surface area contributed by atoms with Crippen LogP contribution in [0, 0.1) is 10.8 Å². The standard InChI is InChI=1S/C33H59N5O8/c1-32(2,3)31(46-16-8-11-28(35)39)38-29(40)12-17-42-19-21-44-23-24-45-22-20-43-18-15-36-30(41)33(13-5-4-6-14-33)25-26-9-7-10-27(34)37-26/h7,9-10,28,31,39H,4-6,8,11-25,35H2,1-3H3,(H2,34,37)(H,36,41)(H,38,40)/t28-,31?/m1/s1. The summed E-state index contributed by atoms with van der Waals surface area (Å²) in [7, 11) is 0. The van der Waals surface area contributed by atoms with Crippen molar-refractivity contribution in [2.45, 2.75) is 91.0 Å². The molecule has 0 bridgehead atoms. The molecular weight excluding hydrogens is 594 g/mol. The number of aliphatic hydroxyl groups excluding tert-OH is 1. The zero-order valence-electron chi connectivity index (χ0n) is 28.2. The number of carbonyl (C=O) groups is 2. The average molecular weight is 654 g/mol. The van der Waals surface area contributed by atoms with Gasteiger partial charge in [0.1, 0.15) is 18.3 Å². The van der Waals surface area contributed by atoms with Crippen LogP contribution in [0.2, 0.25) is 0 Å². The van der Waals surface area contributed by atoms with E-state index in [1.807, 2.05) is 32.9 Å². The lowest BCUT2D eigenvalue weighted by molar-refractivity contribution is -0.133. The fraction of sp³-hybridized carbons (Fsp3) is 0.788. The van der Waals surface area contributed by atoms with Gasteiger partial charge in [0.25, 0.3) is 0 Å². The number of carbonyl (C=O) groups excluding carboxylic acids is 2. The molecule has 1 aliphatic rings. The molecule has 0 aliphatic heterocycles. The number of nitrogens with zero attached hydrogens (tertiary/aromatic N) is 1. The summed E-state index contributed by atoms with van der Waals surface area (Å²) in [4.78, 5) is 29.9. The molecule has 1 aliphatic carbocycles. The molecule has 264 valence electrons. The van der Waals surface area contributed by atoms with Crippen LogP contribution in [-0.2, 0) is 39.7 Å². The number of nitrogens with two attached hydrogens (primary N) is 2. The fourth-order valence-corrected chi connectivity index (χ4v) is 5.23. The molecule has 2 atom stereocenters. The third kappa shape index (κ3) is 17.0. The largest absolute Gasteiger partial charge is 0.384 e. The SMILES string of the molecule is CC(C)(C)C(NC(=O)CCOCCOCCOCCOCCNC(=O)C1(Cc2cccc(N)n2)CCCCC1)OCCC[C@H](N)O. The second-order valence-electron chi connectivity index (χ2n) is 12.9. The van der Waals surface area contributed by atoms with Gasteiger partial charge in [-0.3, -0.25) is 9.59 Å². The van der Waals surface area contributed by atoms with Crippen molar-refractivity contribution < 1.29 is 38.4 Å². The number of hydrogen-bond acceptors (Lipinski definition) is 11. The molecule has 1 fully saturated rings. The predicted octanol–water partition coefficient (Wildman–Crippen LogP) is 2.29. The molecule has 2 rings (SSSR count). The minimum absolute atomic E-state index is 0.0666. The van der Waals surface area contributed by atoms with Crippen molar-refractivity contribution >= 4 is 17.6 Å². The number of aliphatic hydroxyl groups is 1. The Morgan fingerprint density at radius 2 is 1.54 bits per heavy atom. The first-order valence-corrected chi connectivity index (χ1v) is 16.7. The molecule has 13 nitrogen and oxygen atoms in total. The summed E-state index contributed by atoms with van der Waals surface area (Å²) in [6, 6.07) is 5.58. The van der Waals surface area contributed by atoms with Crippen molar-refractivity contribution in [3.63, 3.8) is 0 Å². The molecule has 1 unspecified atom stereocenters. The molecule has 1 saturated carbocycles. The topological polar surface area (TPSA) is 190 Å². The minimum Gasteiger partial charge on any atom is -0.384 e. The highest BCUT2D eigenvalue weighted by Gasteiger charge is 2.39. The Bertz CT molecular complexity index is 985. The van der Waals surface area contributed by atoms with Gasteiger partial charge in [0, 0.05) is 30.7 Å². The van der Waals surface area contributed by atoms with Crippen molar-refractivity contribution in [1.82, 2.24) is 15.6 Å². The van der Waals surface area contributed by atoms with Crippen molar-refractivity contribution in [3.8, 4) is 0 Å². The molecular formula is C33H59N5O8. The van der Waals surface area contributed by atoms with E-state index in [-0.39, 0.29) is 30.3 Å². The smallest absolute Gasteiger partial charge is 0.226 e. The monoisotopic (exact) mass is 653 g/mol. The number of hydrogen-bond donors (Lipinski definition) is 5. The van der Waals surface area contributed by atoms with Crippen molar-refractivity contribution in [2.75, 3.05) is 71.7 Å². The van der Waals surface area contributed by atoms with E-state index in [1.165, 1.54) is 0 Å². The lowest BCUT2D eigenvalue weighted by atomic mass is 9.70. The Morgan fingerprint density at radius 3 is 2.13 bits per heavy atom. The van der Waals surface area contributed by atoms with Crippen LogP contribution in [0.5, 0.6) is 0 Å². The number of nitrogens with one attached hydrogen (secondary N) is 2. The molecule has 0 radical (unpaired) electrons. The van der Waals surface area contributed by atoms with Crippen molar-refractivity contribution in [3.05, 3.63) is 23.9 Å². The molecule has 0 saturated heterocycles. The summed E-state index contributed by atoms with van der Waals surface area (Å²) >= 11 is 0. The maximum Gasteiger partial charge on any atom is 0.226 e. The summed E-state index contributed by atoms with van der Waals surface area (Å²) < 4.78 is 28.0. The van der Waals surface area contributed by atoms with Gasteiger partial charge in [-0.25, -0.2) is 4.98 Å². The first-order valence-electron chi connectivity index (χ1n) is 16.7. The molecule has 0 aromatic carbocycles. The van der Waals surface area contributed by atoms with Crippen LogP contribution in [0.1, 0.15) is 77.8 Å². The van der Waals surface area contributed by atoms with Gasteiger partial charge in [-0.1, -0.05) is 46.1 Å². The number of aromatic nitrogens is 1. The van der Waals surface area contributed by atoms with Crippen molar-refractivity contribution in [1.29, 1.82) is 0 Å². The van der Waals surface area contributed by atoms with E-state index in [2.05, 4.69) is 15.6 Å². The van der Waals surface area contributed by atoms with E-state index in [1.54, 1.807) is 6.07 Å². The maximum atomic E-state index is 13.2. The van der Waals surface area contributed by atoms with Crippen LogP contribution in [0.4, 0.5) is 5.82 Å². The van der Waals surface area contributed by atoms with Gasteiger partial charge in [0.2, 0.25) is 11.8 Å². The molecule has 0 spiro atoms. The van der Waals surface area contributed by atoms with Crippen LogP contribution in [-0.4, -0.2) is 100 Å². The molecule has 1 heterocycles. The summed E-state index contributed by atoms with van der Waals surface area (Å²) in [6.07, 6.45) is 5.50. The zero-order chi connectivity index (χ0) is 33.7. The third-order valence-corrected chi connectivity index (χ3v) is 7.77. The zero-order valence-corrected chi connectivity index (χ0v) is 28.2. The van der Waals surface area contributed by atoms with Crippen molar-refractivity contribution in [2.24, 2.45) is 16.6 Å². The Balaban J connectivity index is 1.44. The lowest BCUT2D eigenvalue weighted by Gasteiger charge is -2.35. The number of amides is 2. The van der Waals surface area contributed by atoms with Gasteiger partial charge in [0.05, 0.1) is 64.7 Å².